The molecule has 8 heteroatoms. The van der Waals surface area contributed by atoms with Crippen LogP contribution in [0.2, 0.25) is 0 Å². The second-order valence-electron chi connectivity index (χ2n) is 9.38. The van der Waals surface area contributed by atoms with E-state index in [-0.39, 0.29) is 22.7 Å². The van der Waals surface area contributed by atoms with Gasteiger partial charge in [0.25, 0.3) is 0 Å². The van der Waals surface area contributed by atoms with Crippen molar-refractivity contribution < 1.29 is 17.6 Å². The molecule has 1 N–H and O–H groups in total. The second kappa shape index (κ2) is 8.03. The van der Waals surface area contributed by atoms with Crippen molar-refractivity contribution in [3.8, 4) is 23.0 Å². The van der Waals surface area contributed by atoms with Gasteiger partial charge in [-0.2, -0.15) is 0 Å². The summed E-state index contributed by atoms with van der Waals surface area (Å²) in [5.74, 6) is 6.76. The molecule has 0 bridgehead atoms. The Morgan fingerprint density at radius 1 is 1.15 bits per heavy atom. The van der Waals surface area contributed by atoms with Crippen LogP contribution in [0.4, 0.5) is 5.69 Å². The molecule has 2 heterocycles. The predicted octanol–water partition coefficient (Wildman–Crippen LogP) is 3.44. The second-order valence-corrected chi connectivity index (χ2v) is 11.1. The van der Waals surface area contributed by atoms with Crippen LogP contribution in [0.1, 0.15) is 25.3 Å². The van der Waals surface area contributed by atoms with Crippen LogP contribution in [-0.2, 0) is 14.8 Å². The van der Waals surface area contributed by atoms with Crippen LogP contribution in [0.15, 0.2) is 57.9 Å². The molecule has 1 aromatic heterocycles. The van der Waals surface area contributed by atoms with Gasteiger partial charge in [0, 0.05) is 29.8 Å². The van der Waals surface area contributed by atoms with Crippen LogP contribution in [-0.4, -0.2) is 38.6 Å². The van der Waals surface area contributed by atoms with E-state index in [9.17, 15) is 18.0 Å². The fraction of sp³-hybridized carbons (Fsp3) is 0.308. The number of carbonyl (C=O) groups is 1. The summed E-state index contributed by atoms with van der Waals surface area (Å²) >= 11 is 0. The lowest BCUT2D eigenvalue weighted by Crippen LogP contribution is -2.51. The third-order valence-corrected chi connectivity index (χ3v) is 6.99. The van der Waals surface area contributed by atoms with Gasteiger partial charge in [-0.25, -0.2) is 8.42 Å². The molecule has 0 radical (unpaired) electrons. The van der Waals surface area contributed by atoms with Crippen LogP contribution >= 0.6 is 0 Å². The number of likely N-dealkylation sites (tertiary alicyclic amines) is 1. The smallest absolute Gasteiger partial charge is 0.229 e. The number of rotatable bonds is 4. The molecule has 2 aliphatic rings. The number of nitrogens with zero attached hydrogens (tertiary/aromatic N) is 1. The average Bonchev–Trinajstić information content (AvgIpc) is 3.51. The van der Waals surface area contributed by atoms with Gasteiger partial charge in [-0.05, 0) is 48.7 Å². The topological polar surface area (TPSA) is 96.7 Å². The number of benzene rings is 2. The molecular weight excluding hydrogens is 452 g/mol. The standard InChI is InChI=1S/C26H24N2O5S/c1-26(11-12-26)25(30)28-14-18(15-28)4-3-17-5-10-21-23(13-17)33-16-22(24(21)29)19-6-8-20(9-7-19)27-34(2,31)32/h5-10,13,16,18,27H,11-12,14-15H2,1-2H3. The SMILES string of the molecule is CC1(C(=O)N2CC(C#Cc3ccc4c(=O)c(-c5ccc(NS(C)(=O)=O)cc5)coc4c3)C2)CC1. The Hall–Kier alpha value is -3.57. The summed E-state index contributed by atoms with van der Waals surface area (Å²) in [6.45, 7) is 3.37. The van der Waals surface area contributed by atoms with Crippen molar-refractivity contribution in [2.75, 3.05) is 24.1 Å². The van der Waals surface area contributed by atoms with E-state index in [1.807, 2.05) is 11.8 Å². The Kier molecular flexibility index (Phi) is 5.25. The zero-order chi connectivity index (χ0) is 24.1. The van der Waals surface area contributed by atoms with Gasteiger partial charge in [0.15, 0.2) is 5.43 Å². The first kappa shape index (κ1) is 22.2. The number of amides is 1. The van der Waals surface area contributed by atoms with Gasteiger partial charge in [0.2, 0.25) is 15.9 Å². The number of sulfonamides is 1. The highest BCUT2D eigenvalue weighted by molar-refractivity contribution is 7.92. The summed E-state index contributed by atoms with van der Waals surface area (Å²) < 4.78 is 30.9. The van der Waals surface area contributed by atoms with Gasteiger partial charge in [0.05, 0.1) is 23.1 Å². The van der Waals surface area contributed by atoms with Crippen LogP contribution in [0.5, 0.6) is 0 Å². The van der Waals surface area contributed by atoms with E-state index >= 15 is 0 Å². The third kappa shape index (κ3) is 4.44. The molecule has 2 fully saturated rings. The average molecular weight is 477 g/mol. The predicted molar refractivity (Wildman–Crippen MR) is 131 cm³/mol. The number of nitrogens with one attached hydrogen (secondary N) is 1. The zero-order valence-corrected chi connectivity index (χ0v) is 19.7. The zero-order valence-electron chi connectivity index (χ0n) is 18.9. The van der Waals surface area contributed by atoms with Crippen LogP contribution in [0.3, 0.4) is 0 Å². The molecule has 5 rings (SSSR count). The first-order valence-corrected chi connectivity index (χ1v) is 13.0. The molecule has 1 saturated carbocycles. The lowest BCUT2D eigenvalue weighted by atomic mass is 9.96. The van der Waals surface area contributed by atoms with E-state index in [4.69, 9.17) is 4.42 Å². The van der Waals surface area contributed by atoms with E-state index < -0.39 is 10.0 Å². The third-order valence-electron chi connectivity index (χ3n) is 6.38. The summed E-state index contributed by atoms with van der Waals surface area (Å²) in [4.78, 5) is 27.2. The molecule has 1 aliphatic carbocycles. The van der Waals surface area contributed by atoms with Crippen LogP contribution in [0, 0.1) is 23.2 Å². The molecule has 3 aromatic rings. The largest absolute Gasteiger partial charge is 0.463 e. The Bertz CT molecular complexity index is 1520. The van der Waals surface area contributed by atoms with Crippen molar-refractivity contribution in [2.45, 2.75) is 19.8 Å². The lowest BCUT2D eigenvalue weighted by molar-refractivity contribution is -0.141. The van der Waals surface area contributed by atoms with E-state index in [1.165, 1.54) is 6.26 Å². The Labute approximate surface area is 197 Å². The first-order valence-electron chi connectivity index (χ1n) is 11.1. The maximum atomic E-state index is 13.0. The molecule has 0 spiro atoms. The van der Waals surface area contributed by atoms with Gasteiger partial charge >= 0.3 is 0 Å². The molecule has 1 amide bonds. The molecule has 1 saturated heterocycles. The molecule has 7 nitrogen and oxygen atoms in total. The van der Waals surface area contributed by atoms with E-state index in [2.05, 4.69) is 16.6 Å². The number of fused-ring (bicyclic) bond motifs is 1. The van der Waals surface area contributed by atoms with E-state index in [1.54, 1.807) is 42.5 Å². The molecule has 174 valence electrons. The van der Waals surface area contributed by atoms with Crippen LogP contribution < -0.4 is 10.2 Å². The summed E-state index contributed by atoms with van der Waals surface area (Å²) in [5, 5.41) is 0.444. The van der Waals surface area contributed by atoms with Crippen LogP contribution in [0.25, 0.3) is 22.1 Å². The highest BCUT2D eigenvalue weighted by Crippen LogP contribution is 2.47. The Morgan fingerprint density at radius 3 is 2.50 bits per heavy atom. The van der Waals surface area contributed by atoms with E-state index in [0.29, 0.717) is 40.9 Å². The minimum Gasteiger partial charge on any atom is -0.463 e. The summed E-state index contributed by atoms with van der Waals surface area (Å²) in [6.07, 6.45) is 4.45. The quantitative estimate of drug-likeness (QED) is 0.582. The normalized spacial score (nSPS) is 16.9. The molecule has 0 unspecified atom stereocenters. The number of anilines is 1. The molecule has 2 aromatic carbocycles. The number of carbonyl (C=O) groups excluding carboxylic acids is 1. The van der Waals surface area contributed by atoms with Crippen molar-refractivity contribution in [1.82, 2.24) is 4.90 Å². The van der Waals surface area contributed by atoms with Crippen molar-refractivity contribution in [2.24, 2.45) is 11.3 Å². The Morgan fingerprint density at radius 2 is 1.85 bits per heavy atom. The first-order chi connectivity index (χ1) is 16.1. The fourth-order valence-electron chi connectivity index (χ4n) is 4.04. The van der Waals surface area contributed by atoms with Crippen molar-refractivity contribution in [3.63, 3.8) is 0 Å². The minimum absolute atomic E-state index is 0.137. The van der Waals surface area contributed by atoms with Crippen molar-refractivity contribution in [3.05, 3.63) is 64.5 Å². The summed E-state index contributed by atoms with van der Waals surface area (Å²) in [5.41, 5.74) is 2.32. The molecule has 0 atom stereocenters. The maximum Gasteiger partial charge on any atom is 0.229 e. The number of hydrogen-bond donors (Lipinski definition) is 1. The van der Waals surface area contributed by atoms with Gasteiger partial charge in [0.1, 0.15) is 11.8 Å². The van der Waals surface area contributed by atoms with Gasteiger partial charge in [-0.15, -0.1) is 0 Å². The molecule has 34 heavy (non-hydrogen) atoms. The van der Waals surface area contributed by atoms with Crippen molar-refractivity contribution >= 4 is 32.6 Å². The summed E-state index contributed by atoms with van der Waals surface area (Å²) in [7, 11) is -3.37. The monoisotopic (exact) mass is 476 g/mol. The molecular formula is C26H24N2O5S. The van der Waals surface area contributed by atoms with Gasteiger partial charge < -0.3 is 9.32 Å². The van der Waals surface area contributed by atoms with E-state index in [0.717, 1.165) is 24.7 Å². The minimum atomic E-state index is -3.37. The molecule has 1 aliphatic heterocycles. The highest BCUT2D eigenvalue weighted by atomic mass is 32.2. The number of hydrogen-bond acceptors (Lipinski definition) is 5. The fourth-order valence-corrected chi connectivity index (χ4v) is 4.61. The van der Waals surface area contributed by atoms with Crippen molar-refractivity contribution in [1.29, 1.82) is 0 Å². The summed E-state index contributed by atoms with van der Waals surface area (Å²) in [6, 6.07) is 11.8. The maximum absolute atomic E-state index is 13.0. The van der Waals surface area contributed by atoms with Gasteiger partial charge in [-0.3, -0.25) is 14.3 Å². The van der Waals surface area contributed by atoms with Gasteiger partial charge in [-0.1, -0.05) is 30.9 Å². The highest BCUT2D eigenvalue weighted by Gasteiger charge is 2.49. The lowest BCUT2D eigenvalue weighted by Gasteiger charge is -2.38. The Balaban J connectivity index is 1.31.